The standard InChI is InChI=1S/C81H130NO8P/c1-3-5-7-9-11-13-15-17-19-21-23-25-27-29-31-33-35-36-37-38-39-40-41-42-44-46-48-50-52-54-56-58-60-62-64-66-68-70-72-74-81(84)90-79(78-89-91(85,86)88-76-75-82)77-87-80(83)73-71-69-67-65-63-61-59-57-55-53-51-49-47-45-43-34-32-30-28-26-24-22-20-18-16-14-12-10-8-6-4-2/h5-8,11-14,17-20,23-26,29-32,35-36,38-39,41-43,45-46,48,52,54,79H,3-4,9-10,15-16,21-22,27-28,33-34,37,40,44,47,49-51,53,55-78,82H2,1-2H3,(H,85,86)/b7-5-,8-6-,13-11-,14-12-,19-17-,20-18-,25-23-,26-24-,31-29-,32-30-,36-35-,39-38-,42-41-,45-43-,48-46-,54-52-. The summed E-state index contributed by atoms with van der Waals surface area (Å²) >= 11 is 0. The van der Waals surface area contributed by atoms with Gasteiger partial charge >= 0.3 is 19.8 Å². The van der Waals surface area contributed by atoms with Crippen LogP contribution in [-0.4, -0.2) is 49.3 Å². The topological polar surface area (TPSA) is 134 Å². The van der Waals surface area contributed by atoms with Crippen LogP contribution in [0.15, 0.2) is 194 Å². The van der Waals surface area contributed by atoms with Crippen molar-refractivity contribution in [2.24, 2.45) is 5.73 Å². The minimum Gasteiger partial charge on any atom is -0.462 e. The number of phosphoric acid groups is 1. The first kappa shape index (κ1) is 85.8. The van der Waals surface area contributed by atoms with Gasteiger partial charge in [0.15, 0.2) is 6.10 Å². The van der Waals surface area contributed by atoms with E-state index in [-0.39, 0.29) is 32.6 Å². The fourth-order valence-electron chi connectivity index (χ4n) is 9.26. The van der Waals surface area contributed by atoms with Crippen molar-refractivity contribution in [3.05, 3.63) is 194 Å². The van der Waals surface area contributed by atoms with Gasteiger partial charge < -0.3 is 20.1 Å². The Morgan fingerprint density at radius 1 is 0.330 bits per heavy atom. The Morgan fingerprint density at radius 2 is 0.571 bits per heavy atom. The lowest BCUT2D eigenvalue weighted by atomic mass is 10.0. The van der Waals surface area contributed by atoms with Crippen LogP contribution in [0.5, 0.6) is 0 Å². The molecule has 512 valence electrons. The third kappa shape index (κ3) is 73.8. The maximum Gasteiger partial charge on any atom is 0.472 e. The lowest BCUT2D eigenvalue weighted by Gasteiger charge is -2.19. The van der Waals surface area contributed by atoms with Crippen LogP contribution in [-0.2, 0) is 32.7 Å². The van der Waals surface area contributed by atoms with E-state index in [9.17, 15) is 19.0 Å². The molecule has 0 aromatic carbocycles. The molecule has 2 atom stereocenters. The molecule has 0 spiro atoms. The summed E-state index contributed by atoms with van der Waals surface area (Å²) in [5.74, 6) is -0.849. The van der Waals surface area contributed by atoms with E-state index in [0.29, 0.717) is 6.42 Å². The second kappa shape index (κ2) is 73.9. The van der Waals surface area contributed by atoms with Gasteiger partial charge in [0, 0.05) is 19.4 Å². The summed E-state index contributed by atoms with van der Waals surface area (Å²) in [5, 5.41) is 0. The van der Waals surface area contributed by atoms with Crippen molar-refractivity contribution < 1.29 is 37.6 Å². The monoisotopic (exact) mass is 1280 g/mol. The maximum atomic E-state index is 12.8. The summed E-state index contributed by atoms with van der Waals surface area (Å²) in [4.78, 5) is 35.4. The van der Waals surface area contributed by atoms with Gasteiger partial charge in [0.05, 0.1) is 13.2 Å². The molecule has 9 nitrogen and oxygen atoms in total. The summed E-state index contributed by atoms with van der Waals surface area (Å²) in [6, 6.07) is 0. The summed E-state index contributed by atoms with van der Waals surface area (Å²) in [7, 11) is -4.41. The average Bonchev–Trinajstić information content (AvgIpc) is 3.71. The number of unbranched alkanes of at least 4 members (excludes halogenated alkanes) is 20. The predicted octanol–water partition coefficient (Wildman–Crippen LogP) is 24.1. The second-order valence-corrected chi connectivity index (χ2v) is 24.4. The summed E-state index contributed by atoms with van der Waals surface area (Å²) in [6.45, 7) is 3.49. The molecule has 0 aromatic rings. The first-order valence-electron chi connectivity index (χ1n) is 35.9. The van der Waals surface area contributed by atoms with Gasteiger partial charge in [-0.25, -0.2) is 4.57 Å². The number of esters is 2. The normalized spacial score (nSPS) is 14.1. The molecule has 0 aliphatic rings. The van der Waals surface area contributed by atoms with Gasteiger partial charge in [-0.1, -0.05) is 311 Å². The molecule has 0 amide bonds. The van der Waals surface area contributed by atoms with E-state index in [4.69, 9.17) is 24.3 Å². The van der Waals surface area contributed by atoms with E-state index >= 15 is 0 Å². The molecule has 0 fully saturated rings. The number of hydrogen-bond acceptors (Lipinski definition) is 8. The van der Waals surface area contributed by atoms with Gasteiger partial charge in [0.25, 0.3) is 0 Å². The Hall–Kier alpha value is -5.15. The largest absolute Gasteiger partial charge is 0.472 e. The SMILES string of the molecule is CC/C=C\C/C=C\C/C=C\C/C=C\C/C=C\C/C=C\C/C=C\C/C=C\C/C=C\C/C=C\CCCCCCCCCCC(=O)OC(COC(=O)CCCCCCCCCCCCCC/C=C\C/C=C\C/C=C\C/C=C\C/C=C\C/C=C\CC)COP(=O)(O)OCCN. The molecular weight excluding hydrogens is 1150 g/mol. The van der Waals surface area contributed by atoms with E-state index in [1.807, 2.05) is 0 Å². The molecule has 0 aliphatic heterocycles. The highest BCUT2D eigenvalue weighted by atomic mass is 31.2. The second-order valence-electron chi connectivity index (χ2n) is 23.0. The zero-order chi connectivity index (χ0) is 65.8. The van der Waals surface area contributed by atoms with Crippen molar-refractivity contribution >= 4 is 19.8 Å². The molecule has 0 rings (SSSR count). The highest BCUT2D eigenvalue weighted by Gasteiger charge is 2.26. The molecule has 0 heterocycles. The molecule has 0 radical (unpaired) electrons. The van der Waals surface area contributed by atoms with Crippen molar-refractivity contribution in [3.63, 3.8) is 0 Å². The van der Waals surface area contributed by atoms with Crippen LogP contribution in [0.25, 0.3) is 0 Å². The van der Waals surface area contributed by atoms with Gasteiger partial charge in [-0.05, 0) is 141 Å². The van der Waals surface area contributed by atoms with Crippen molar-refractivity contribution in [1.82, 2.24) is 0 Å². The number of allylic oxidation sites excluding steroid dienone is 32. The zero-order valence-electron chi connectivity index (χ0n) is 57.5. The Labute approximate surface area is 557 Å². The molecule has 91 heavy (non-hydrogen) atoms. The Morgan fingerprint density at radius 3 is 0.846 bits per heavy atom. The lowest BCUT2D eigenvalue weighted by Crippen LogP contribution is -2.29. The van der Waals surface area contributed by atoms with Crippen LogP contribution in [0.3, 0.4) is 0 Å². The molecule has 3 N–H and O–H groups in total. The van der Waals surface area contributed by atoms with E-state index in [0.717, 1.165) is 154 Å². The van der Waals surface area contributed by atoms with Crippen LogP contribution in [0.2, 0.25) is 0 Å². The minimum atomic E-state index is -4.41. The van der Waals surface area contributed by atoms with Gasteiger partial charge in [0.1, 0.15) is 6.61 Å². The molecule has 2 unspecified atom stereocenters. The highest BCUT2D eigenvalue weighted by molar-refractivity contribution is 7.47. The van der Waals surface area contributed by atoms with Crippen molar-refractivity contribution in [2.75, 3.05) is 26.4 Å². The molecular formula is C81H130NO8P. The van der Waals surface area contributed by atoms with Crippen molar-refractivity contribution in [1.29, 1.82) is 0 Å². The fraction of sp³-hybridized carbons (Fsp3) is 0.580. The lowest BCUT2D eigenvalue weighted by molar-refractivity contribution is -0.161. The maximum absolute atomic E-state index is 12.8. The summed E-state index contributed by atoms with van der Waals surface area (Å²) < 4.78 is 33.2. The first-order valence-corrected chi connectivity index (χ1v) is 37.4. The fourth-order valence-corrected chi connectivity index (χ4v) is 10.0. The molecule has 0 bridgehead atoms. The van der Waals surface area contributed by atoms with Crippen molar-refractivity contribution in [3.8, 4) is 0 Å². The quantitative estimate of drug-likeness (QED) is 0.0264. The summed E-state index contributed by atoms with van der Waals surface area (Å²) in [6.07, 6.45) is 112. The number of ether oxygens (including phenoxy) is 2. The van der Waals surface area contributed by atoms with Crippen LogP contribution in [0, 0.1) is 0 Å². The highest BCUT2D eigenvalue weighted by Crippen LogP contribution is 2.43. The number of phosphoric ester groups is 1. The number of rotatable bonds is 65. The van der Waals surface area contributed by atoms with Crippen LogP contribution < -0.4 is 5.73 Å². The van der Waals surface area contributed by atoms with Crippen LogP contribution in [0.4, 0.5) is 0 Å². The molecule has 0 aromatic heterocycles. The number of hydrogen-bond donors (Lipinski definition) is 2. The van der Waals surface area contributed by atoms with E-state index in [1.165, 1.54) is 83.5 Å². The third-order valence-electron chi connectivity index (χ3n) is 14.5. The molecule has 0 aliphatic carbocycles. The van der Waals surface area contributed by atoms with Crippen molar-refractivity contribution in [2.45, 2.75) is 277 Å². The number of carbonyl (C=O) groups excluding carboxylic acids is 2. The van der Waals surface area contributed by atoms with Gasteiger partial charge in [-0.2, -0.15) is 0 Å². The Bertz CT molecular complexity index is 2200. The van der Waals surface area contributed by atoms with Gasteiger partial charge in [0.2, 0.25) is 0 Å². The number of carbonyl (C=O) groups is 2. The smallest absolute Gasteiger partial charge is 0.462 e. The molecule has 0 saturated heterocycles. The summed E-state index contributed by atoms with van der Waals surface area (Å²) in [5.41, 5.74) is 5.40. The zero-order valence-corrected chi connectivity index (χ0v) is 58.4. The van der Waals surface area contributed by atoms with Gasteiger partial charge in [-0.15, -0.1) is 0 Å². The predicted molar refractivity (Wildman–Crippen MR) is 394 cm³/mol. The molecule has 0 saturated carbocycles. The minimum absolute atomic E-state index is 0.0423. The van der Waals surface area contributed by atoms with E-state index in [1.54, 1.807) is 0 Å². The van der Waals surface area contributed by atoms with Crippen LogP contribution in [0.1, 0.15) is 271 Å². The third-order valence-corrected chi connectivity index (χ3v) is 15.5. The first-order chi connectivity index (χ1) is 44.8. The Kier molecular flexibility index (Phi) is 69.7. The van der Waals surface area contributed by atoms with Gasteiger partial charge in [-0.3, -0.25) is 18.6 Å². The Balaban J connectivity index is 3.99. The van der Waals surface area contributed by atoms with E-state index in [2.05, 4.69) is 208 Å². The average molecular weight is 1280 g/mol. The van der Waals surface area contributed by atoms with Crippen LogP contribution >= 0.6 is 7.82 Å². The number of nitrogens with two attached hydrogens (primary N) is 1. The molecule has 10 heteroatoms. The van der Waals surface area contributed by atoms with E-state index < -0.39 is 32.5 Å².